The molecule has 28 heavy (non-hydrogen) atoms. The quantitative estimate of drug-likeness (QED) is 0.222. The normalized spacial score (nSPS) is 11.3. The van der Waals surface area contributed by atoms with Crippen LogP contribution in [0.1, 0.15) is 30.6 Å². The predicted octanol–water partition coefficient (Wildman–Crippen LogP) is 3.94. The van der Waals surface area contributed by atoms with Crippen LogP contribution in [-0.4, -0.2) is 35.8 Å². The van der Waals surface area contributed by atoms with Crippen molar-refractivity contribution in [3.05, 3.63) is 40.5 Å². The molecule has 1 aromatic heterocycles. The highest BCUT2D eigenvalue weighted by Crippen LogP contribution is 2.25. The smallest absolute Gasteiger partial charge is 0.387 e. The lowest BCUT2D eigenvalue weighted by Gasteiger charge is -2.13. The minimum Gasteiger partial charge on any atom is -0.434 e. The second kappa shape index (κ2) is 12.7. The molecule has 11 heteroatoms. The summed E-state index contributed by atoms with van der Waals surface area (Å²) in [6, 6.07) is 4.46. The van der Waals surface area contributed by atoms with Crippen LogP contribution in [0.2, 0.25) is 5.02 Å². The van der Waals surface area contributed by atoms with Gasteiger partial charge in [-0.25, -0.2) is 4.99 Å². The van der Waals surface area contributed by atoms with Gasteiger partial charge in [0.25, 0.3) is 0 Å². The van der Waals surface area contributed by atoms with E-state index >= 15 is 0 Å². The second-order valence-corrected chi connectivity index (χ2v) is 6.03. The fourth-order valence-corrected chi connectivity index (χ4v) is 2.47. The molecule has 0 unspecified atom stereocenters. The first-order valence-electron chi connectivity index (χ1n) is 8.52. The van der Waals surface area contributed by atoms with Crippen LogP contribution in [0.5, 0.6) is 5.75 Å². The molecular weight excluding hydrogens is 507 g/mol. The zero-order valence-electron chi connectivity index (χ0n) is 15.5. The van der Waals surface area contributed by atoms with Crippen LogP contribution in [0.25, 0.3) is 0 Å². The molecule has 0 aliphatic heterocycles. The number of benzene rings is 1. The Hall–Kier alpha value is -1.69. The minimum atomic E-state index is -2.91. The fraction of sp³-hybridized carbons (Fsp3) is 0.471. The molecule has 1 heterocycles. The molecule has 0 aliphatic carbocycles. The molecule has 0 atom stereocenters. The molecule has 7 nitrogen and oxygen atoms in total. The van der Waals surface area contributed by atoms with Gasteiger partial charge in [0.2, 0.25) is 5.89 Å². The summed E-state index contributed by atoms with van der Waals surface area (Å²) in [7, 11) is 0. The lowest BCUT2D eigenvalue weighted by Crippen LogP contribution is -2.37. The first kappa shape index (κ1) is 24.3. The van der Waals surface area contributed by atoms with E-state index in [-0.39, 0.29) is 36.3 Å². The summed E-state index contributed by atoms with van der Waals surface area (Å²) in [6.07, 6.45) is 1.41. The molecule has 0 aliphatic rings. The monoisotopic (exact) mass is 529 g/mol. The molecule has 0 fully saturated rings. The maximum atomic E-state index is 12.5. The highest BCUT2D eigenvalue weighted by Gasteiger charge is 2.10. The standard InChI is InChI=1S/C17H22ClF2N5O2.HI/c1-3-21-17(22-8-4-5-15-24-11(2)25-27-15)23-10-12-9-13(18)6-7-14(12)26-16(19)20;/h6-7,9,16H,3-5,8,10H2,1-2H3,(H2,21,22,23);1H. The van der Waals surface area contributed by atoms with Gasteiger partial charge in [-0.05, 0) is 38.5 Å². The number of alkyl halides is 2. The molecule has 1 aromatic carbocycles. The molecule has 0 saturated carbocycles. The van der Waals surface area contributed by atoms with E-state index in [2.05, 4.69) is 30.5 Å². The lowest BCUT2D eigenvalue weighted by molar-refractivity contribution is -0.0504. The summed E-state index contributed by atoms with van der Waals surface area (Å²) in [5.74, 6) is 1.81. The van der Waals surface area contributed by atoms with Crippen molar-refractivity contribution < 1.29 is 18.0 Å². The third-order valence-corrected chi connectivity index (χ3v) is 3.65. The molecule has 0 saturated heterocycles. The number of aromatic nitrogens is 2. The van der Waals surface area contributed by atoms with Crippen LogP contribution in [0.4, 0.5) is 8.78 Å². The van der Waals surface area contributed by atoms with Crippen molar-refractivity contribution >= 4 is 41.5 Å². The highest BCUT2D eigenvalue weighted by atomic mass is 127. The number of halogens is 4. The lowest BCUT2D eigenvalue weighted by atomic mass is 10.2. The molecule has 2 rings (SSSR count). The van der Waals surface area contributed by atoms with Gasteiger partial charge in [-0.3, -0.25) is 0 Å². The summed E-state index contributed by atoms with van der Waals surface area (Å²) in [6.45, 7) is 2.22. The van der Waals surface area contributed by atoms with Crippen molar-refractivity contribution in [2.75, 3.05) is 13.1 Å². The third kappa shape index (κ3) is 8.55. The van der Waals surface area contributed by atoms with Crippen molar-refractivity contribution in [2.45, 2.75) is 39.8 Å². The number of nitrogens with one attached hydrogen (secondary N) is 2. The zero-order chi connectivity index (χ0) is 19.6. The molecule has 2 N–H and O–H groups in total. The van der Waals surface area contributed by atoms with Gasteiger partial charge in [0.15, 0.2) is 11.8 Å². The summed E-state index contributed by atoms with van der Waals surface area (Å²) in [4.78, 5) is 8.54. The number of ether oxygens (including phenoxy) is 1. The Bertz CT molecular complexity index is 761. The average Bonchev–Trinajstić information content (AvgIpc) is 3.03. The Morgan fingerprint density at radius 1 is 1.36 bits per heavy atom. The fourth-order valence-electron chi connectivity index (χ4n) is 2.28. The molecule has 0 bridgehead atoms. The topological polar surface area (TPSA) is 84.6 Å². The van der Waals surface area contributed by atoms with Crippen molar-refractivity contribution in [2.24, 2.45) is 4.99 Å². The van der Waals surface area contributed by atoms with E-state index in [1.807, 2.05) is 6.92 Å². The van der Waals surface area contributed by atoms with Gasteiger partial charge in [0.1, 0.15) is 5.75 Å². The van der Waals surface area contributed by atoms with Crippen molar-refractivity contribution in [1.29, 1.82) is 0 Å². The Kier molecular flexibility index (Phi) is 11.0. The predicted molar refractivity (Wildman–Crippen MR) is 114 cm³/mol. The minimum absolute atomic E-state index is 0. The van der Waals surface area contributed by atoms with E-state index in [9.17, 15) is 8.78 Å². The SMILES string of the molecule is CCNC(=NCc1cc(Cl)ccc1OC(F)F)NCCCc1nc(C)no1.I. The van der Waals surface area contributed by atoms with Gasteiger partial charge in [-0.15, -0.1) is 24.0 Å². The Morgan fingerprint density at radius 2 is 2.14 bits per heavy atom. The number of hydrogen-bond donors (Lipinski definition) is 2. The van der Waals surface area contributed by atoms with Gasteiger partial charge >= 0.3 is 6.61 Å². The average molecular weight is 530 g/mol. The van der Waals surface area contributed by atoms with Crippen molar-refractivity contribution in [3.8, 4) is 5.75 Å². The molecule has 0 amide bonds. The Balaban J connectivity index is 0.00000392. The van der Waals surface area contributed by atoms with Crippen LogP contribution < -0.4 is 15.4 Å². The molecule has 156 valence electrons. The van der Waals surface area contributed by atoms with Crippen LogP contribution >= 0.6 is 35.6 Å². The summed E-state index contributed by atoms with van der Waals surface area (Å²) in [5, 5.41) is 10.4. The van der Waals surface area contributed by atoms with Crippen LogP contribution in [-0.2, 0) is 13.0 Å². The summed E-state index contributed by atoms with van der Waals surface area (Å²) < 4.78 is 34.6. The number of guanidine groups is 1. The number of aliphatic imine (C=N–C) groups is 1. The number of aryl methyl sites for hydroxylation is 2. The molecule has 0 radical (unpaired) electrons. The van der Waals surface area contributed by atoms with E-state index in [0.29, 0.717) is 47.8 Å². The first-order valence-corrected chi connectivity index (χ1v) is 8.90. The maximum absolute atomic E-state index is 12.5. The molecule has 0 spiro atoms. The van der Waals surface area contributed by atoms with Gasteiger partial charge < -0.3 is 19.9 Å². The van der Waals surface area contributed by atoms with Crippen molar-refractivity contribution in [3.63, 3.8) is 0 Å². The number of rotatable bonds is 9. The first-order chi connectivity index (χ1) is 13.0. The summed E-state index contributed by atoms with van der Waals surface area (Å²) in [5.41, 5.74) is 0.473. The Morgan fingerprint density at radius 3 is 2.79 bits per heavy atom. The Labute approximate surface area is 184 Å². The second-order valence-electron chi connectivity index (χ2n) is 5.59. The van der Waals surface area contributed by atoms with E-state index in [1.165, 1.54) is 12.1 Å². The highest BCUT2D eigenvalue weighted by molar-refractivity contribution is 14.0. The van der Waals surface area contributed by atoms with Crippen molar-refractivity contribution in [1.82, 2.24) is 20.8 Å². The van der Waals surface area contributed by atoms with Gasteiger partial charge in [-0.2, -0.15) is 13.8 Å². The van der Waals surface area contributed by atoms with E-state index in [0.717, 1.165) is 6.42 Å². The largest absolute Gasteiger partial charge is 0.434 e. The van der Waals surface area contributed by atoms with E-state index in [4.69, 9.17) is 16.1 Å². The van der Waals surface area contributed by atoms with Gasteiger partial charge in [0.05, 0.1) is 6.54 Å². The maximum Gasteiger partial charge on any atom is 0.387 e. The van der Waals surface area contributed by atoms with Crippen LogP contribution in [0, 0.1) is 6.92 Å². The zero-order valence-corrected chi connectivity index (χ0v) is 18.6. The van der Waals surface area contributed by atoms with Crippen LogP contribution in [0.3, 0.4) is 0 Å². The summed E-state index contributed by atoms with van der Waals surface area (Å²) >= 11 is 5.95. The molecular formula is C17H23ClF2IN5O2. The van der Waals surface area contributed by atoms with Gasteiger partial charge in [0, 0.05) is 30.1 Å². The molecule has 2 aromatic rings. The van der Waals surface area contributed by atoms with E-state index in [1.54, 1.807) is 13.0 Å². The van der Waals surface area contributed by atoms with Gasteiger partial charge in [-0.1, -0.05) is 16.8 Å². The van der Waals surface area contributed by atoms with Crippen LogP contribution in [0.15, 0.2) is 27.7 Å². The third-order valence-electron chi connectivity index (χ3n) is 3.42. The van der Waals surface area contributed by atoms with E-state index < -0.39 is 6.61 Å². The number of nitrogens with zero attached hydrogens (tertiary/aromatic N) is 3. The number of hydrogen-bond acceptors (Lipinski definition) is 5.